The maximum atomic E-state index is 14.1. The van der Waals surface area contributed by atoms with Crippen LogP contribution in [0, 0.1) is 5.92 Å². The Morgan fingerprint density at radius 2 is 1.70 bits per heavy atom. The van der Waals surface area contributed by atoms with Gasteiger partial charge in [-0.05, 0) is 49.1 Å². The van der Waals surface area contributed by atoms with Gasteiger partial charge in [-0.25, -0.2) is 14.6 Å². The lowest BCUT2D eigenvalue weighted by atomic mass is 9.91. The molecule has 4 atom stereocenters. The van der Waals surface area contributed by atoms with Crippen LogP contribution in [0.5, 0.6) is 0 Å². The number of carbonyl (C=O) groups is 3. The second-order valence-electron chi connectivity index (χ2n) is 12.6. The maximum Gasteiger partial charge on any atom is 0.407 e. The first-order chi connectivity index (χ1) is 24.1. The first-order valence-electron chi connectivity index (χ1n) is 17.0. The Labute approximate surface area is 297 Å². The zero-order chi connectivity index (χ0) is 35.9. The van der Waals surface area contributed by atoms with Gasteiger partial charge in [0.2, 0.25) is 5.91 Å². The minimum atomic E-state index is -1.07. The van der Waals surface area contributed by atoms with Crippen molar-refractivity contribution in [2.45, 2.75) is 90.3 Å². The van der Waals surface area contributed by atoms with Gasteiger partial charge in [-0.3, -0.25) is 4.79 Å². The topological polar surface area (TPSA) is 159 Å². The Morgan fingerprint density at radius 1 is 0.980 bits per heavy atom. The van der Waals surface area contributed by atoms with Crippen molar-refractivity contribution in [3.05, 3.63) is 106 Å². The van der Waals surface area contributed by atoms with Crippen molar-refractivity contribution < 1.29 is 28.8 Å². The number of rotatable bonds is 18. The van der Waals surface area contributed by atoms with Crippen molar-refractivity contribution in [3.8, 4) is 0 Å². The number of alkyl carbamates (subject to hydrolysis) is 1. The molecule has 0 aliphatic rings. The molecule has 0 saturated carbocycles. The van der Waals surface area contributed by atoms with Gasteiger partial charge in [0.1, 0.15) is 6.04 Å². The zero-order valence-corrected chi connectivity index (χ0v) is 29.9. The number of aromatic nitrogens is 2. The summed E-state index contributed by atoms with van der Waals surface area (Å²) in [5.41, 5.74) is 2.57. The lowest BCUT2D eigenvalue weighted by Crippen LogP contribution is -2.57. The van der Waals surface area contributed by atoms with E-state index in [4.69, 9.17) is 9.26 Å². The molecule has 0 saturated heterocycles. The Balaban J connectivity index is 1.52. The third kappa shape index (κ3) is 11.7. The van der Waals surface area contributed by atoms with Crippen molar-refractivity contribution in [2.75, 3.05) is 7.05 Å². The van der Waals surface area contributed by atoms with Gasteiger partial charge < -0.3 is 35.2 Å². The van der Waals surface area contributed by atoms with E-state index in [0.29, 0.717) is 30.7 Å². The predicted octanol–water partition coefficient (Wildman–Crippen LogP) is 5.79. The average Bonchev–Trinajstić information content (AvgIpc) is 3.80. The molecule has 13 heteroatoms. The van der Waals surface area contributed by atoms with Gasteiger partial charge in [-0.1, -0.05) is 86.6 Å². The molecule has 0 radical (unpaired) electrons. The molecule has 268 valence electrons. The van der Waals surface area contributed by atoms with Crippen molar-refractivity contribution in [3.63, 3.8) is 0 Å². The summed E-state index contributed by atoms with van der Waals surface area (Å²) in [6, 6.07) is 17.4. The summed E-state index contributed by atoms with van der Waals surface area (Å²) < 4.78 is 10.4. The Hall–Kier alpha value is -4.75. The molecule has 0 aliphatic carbocycles. The van der Waals surface area contributed by atoms with E-state index in [1.165, 1.54) is 11.1 Å². The molecule has 0 fully saturated rings. The number of benzene rings is 2. The third-order valence-electron chi connectivity index (χ3n) is 8.20. The fraction of sp³-hybridized carbons (Fsp3) is 0.432. The Kier molecular flexibility index (Phi) is 14.8. The van der Waals surface area contributed by atoms with Crippen LogP contribution in [-0.4, -0.2) is 63.4 Å². The number of amides is 4. The smallest absolute Gasteiger partial charge is 0.407 e. The van der Waals surface area contributed by atoms with Gasteiger partial charge in [0.05, 0.1) is 41.6 Å². The number of aliphatic hydroxyl groups excluding tert-OH is 1. The number of thiazole rings is 1. The first kappa shape index (κ1) is 38.1. The predicted molar refractivity (Wildman–Crippen MR) is 191 cm³/mol. The molecule has 50 heavy (non-hydrogen) atoms. The minimum Gasteiger partial charge on any atom is -0.441 e. The molecule has 2 heterocycles. The molecule has 4 amide bonds. The van der Waals surface area contributed by atoms with Crippen LogP contribution in [0.4, 0.5) is 9.59 Å². The van der Waals surface area contributed by atoms with Gasteiger partial charge >= 0.3 is 12.1 Å². The van der Waals surface area contributed by atoms with Crippen LogP contribution in [-0.2, 0) is 35.5 Å². The van der Waals surface area contributed by atoms with E-state index in [-0.39, 0.29) is 12.5 Å². The van der Waals surface area contributed by atoms with Gasteiger partial charge in [-0.2, -0.15) is 0 Å². The number of nitrogens with one attached hydrogen (secondary N) is 3. The van der Waals surface area contributed by atoms with Crippen molar-refractivity contribution in [2.24, 2.45) is 5.92 Å². The number of urea groups is 1. The summed E-state index contributed by atoms with van der Waals surface area (Å²) in [5.74, 6) is -0.397. The highest BCUT2D eigenvalue weighted by molar-refractivity contribution is 7.09. The normalized spacial score (nSPS) is 13.6. The first-order valence-corrected chi connectivity index (χ1v) is 17.9. The highest BCUT2D eigenvalue weighted by atomic mass is 32.1. The summed E-state index contributed by atoms with van der Waals surface area (Å²) in [6.07, 6.45) is 3.12. The standard InChI is InChI=1S/C37H48N6O6S/c1-5-13-31-39-28(24-50-31)22-43(4)36(46)41-32(25(2)3)35(45)40-33(27-17-10-7-11-18-27)34(42-37(47)48-23-29-20-21-38-49-29)30(44)19-12-16-26-14-8-6-9-15-26/h6-11,14-15,17-18,20-21,24-25,30,32-34,44H,5,12-13,16,19,22-23H2,1-4H3,(H,40,45)(H,41,46)(H,42,47)/t30?,32-,33?,34?/m0/s1. The zero-order valence-electron chi connectivity index (χ0n) is 29.1. The molecular formula is C37H48N6O6S. The Bertz CT molecular complexity index is 1600. The fourth-order valence-electron chi connectivity index (χ4n) is 5.50. The molecule has 0 aliphatic heterocycles. The van der Waals surface area contributed by atoms with Crippen molar-refractivity contribution in [1.82, 2.24) is 31.0 Å². The maximum absolute atomic E-state index is 14.1. The summed E-state index contributed by atoms with van der Waals surface area (Å²) in [4.78, 5) is 46.6. The van der Waals surface area contributed by atoms with E-state index in [0.717, 1.165) is 35.5 Å². The number of nitrogens with zero attached hydrogens (tertiary/aromatic N) is 3. The molecular weight excluding hydrogens is 657 g/mol. The molecule has 2 aromatic carbocycles. The highest BCUT2D eigenvalue weighted by Gasteiger charge is 2.35. The average molecular weight is 705 g/mol. The Morgan fingerprint density at radius 3 is 2.36 bits per heavy atom. The SMILES string of the molecule is CCCc1nc(CN(C)C(=O)N[C@H](C(=O)NC(c2ccccc2)C(NC(=O)OCc2ccno2)C(O)CCCc2ccccc2)C(C)C)cs1. The van der Waals surface area contributed by atoms with Gasteiger partial charge in [0.25, 0.3) is 0 Å². The quantitative estimate of drug-likeness (QED) is 0.101. The van der Waals surface area contributed by atoms with Gasteiger partial charge in [-0.15, -0.1) is 11.3 Å². The summed E-state index contributed by atoms with van der Waals surface area (Å²) in [5, 5.41) is 27.0. The van der Waals surface area contributed by atoms with E-state index in [9.17, 15) is 19.5 Å². The van der Waals surface area contributed by atoms with Gasteiger partial charge in [0.15, 0.2) is 12.4 Å². The number of carbonyl (C=O) groups excluding carboxylic acids is 3. The molecule has 2 aromatic heterocycles. The van der Waals surface area contributed by atoms with Crippen molar-refractivity contribution in [1.29, 1.82) is 0 Å². The van der Waals surface area contributed by atoms with Crippen LogP contribution in [0.25, 0.3) is 0 Å². The summed E-state index contributed by atoms with van der Waals surface area (Å²) in [7, 11) is 1.66. The van der Waals surface area contributed by atoms with Gasteiger partial charge in [0, 0.05) is 18.5 Å². The van der Waals surface area contributed by atoms with Crippen LogP contribution in [0.15, 0.2) is 82.8 Å². The number of hydrogen-bond acceptors (Lipinski definition) is 9. The largest absolute Gasteiger partial charge is 0.441 e. The molecule has 4 N–H and O–H groups in total. The number of aryl methyl sites for hydroxylation is 2. The number of aliphatic hydroxyl groups is 1. The molecule has 3 unspecified atom stereocenters. The summed E-state index contributed by atoms with van der Waals surface area (Å²) >= 11 is 1.57. The van der Waals surface area contributed by atoms with Crippen LogP contribution < -0.4 is 16.0 Å². The molecule has 4 aromatic rings. The van der Waals surface area contributed by atoms with E-state index in [2.05, 4.69) is 33.0 Å². The van der Waals surface area contributed by atoms with E-state index < -0.39 is 42.3 Å². The highest BCUT2D eigenvalue weighted by Crippen LogP contribution is 2.24. The van der Waals surface area contributed by atoms with Crippen molar-refractivity contribution >= 4 is 29.4 Å². The minimum absolute atomic E-state index is 0.166. The second-order valence-corrected chi connectivity index (χ2v) is 13.5. The fourth-order valence-corrected chi connectivity index (χ4v) is 6.39. The lowest BCUT2D eigenvalue weighted by Gasteiger charge is -2.34. The number of ether oxygens (including phenoxy) is 1. The van der Waals surface area contributed by atoms with Crippen LogP contribution in [0.1, 0.15) is 73.7 Å². The number of hydrogen-bond donors (Lipinski definition) is 4. The monoisotopic (exact) mass is 704 g/mol. The van der Waals surface area contributed by atoms with E-state index in [1.807, 2.05) is 79.9 Å². The summed E-state index contributed by atoms with van der Waals surface area (Å²) in [6.45, 7) is 5.91. The van der Waals surface area contributed by atoms with E-state index >= 15 is 0 Å². The molecule has 12 nitrogen and oxygen atoms in total. The molecule has 0 spiro atoms. The van der Waals surface area contributed by atoms with E-state index in [1.54, 1.807) is 24.5 Å². The van der Waals surface area contributed by atoms with Crippen LogP contribution in [0.3, 0.4) is 0 Å². The van der Waals surface area contributed by atoms with Crippen LogP contribution >= 0.6 is 11.3 Å². The lowest BCUT2D eigenvalue weighted by molar-refractivity contribution is -0.125. The molecule has 0 bridgehead atoms. The second kappa shape index (κ2) is 19.4. The molecule has 4 rings (SSSR count). The van der Waals surface area contributed by atoms with Crippen LogP contribution in [0.2, 0.25) is 0 Å². The third-order valence-corrected chi connectivity index (χ3v) is 9.15.